The average molecular weight is 672 g/mol. The SMILES string of the molecule is Cc1cccc(NC(=O)COc2c(Br)cc(Br)cc2/C=C2/C(=O)NC(=O)N(c3cccc([N+](=O)[O-])c3)C2=O)c1C. The lowest BCUT2D eigenvalue weighted by Crippen LogP contribution is -2.54. The number of hydrogen-bond donors (Lipinski definition) is 2. The van der Waals surface area contributed by atoms with E-state index in [9.17, 15) is 29.3 Å². The van der Waals surface area contributed by atoms with Crippen LogP contribution in [0.4, 0.5) is 21.9 Å². The Bertz CT molecular complexity index is 1620. The lowest BCUT2D eigenvalue weighted by atomic mass is 10.1. The number of carbonyl (C=O) groups excluding carboxylic acids is 4. The Morgan fingerprint density at radius 2 is 1.82 bits per heavy atom. The van der Waals surface area contributed by atoms with Gasteiger partial charge in [0.15, 0.2) is 6.61 Å². The maximum absolute atomic E-state index is 13.3. The number of anilines is 2. The van der Waals surface area contributed by atoms with Crippen molar-refractivity contribution in [3.8, 4) is 5.75 Å². The fourth-order valence-corrected chi connectivity index (χ4v) is 5.22. The second kappa shape index (κ2) is 11.8. The topological polar surface area (TPSA) is 148 Å². The fourth-order valence-electron chi connectivity index (χ4n) is 3.84. The summed E-state index contributed by atoms with van der Waals surface area (Å²) in [6, 6.07) is 12.6. The van der Waals surface area contributed by atoms with E-state index in [-0.39, 0.29) is 29.3 Å². The molecule has 3 aromatic carbocycles. The largest absolute Gasteiger partial charge is 0.482 e. The minimum atomic E-state index is -1.05. The second-order valence-corrected chi connectivity index (χ2v) is 10.4. The number of nitro benzene ring substituents is 1. The number of barbiturate groups is 1. The van der Waals surface area contributed by atoms with Crippen LogP contribution in [0.25, 0.3) is 6.08 Å². The molecule has 204 valence electrons. The third-order valence-corrected chi connectivity index (χ3v) is 7.01. The molecule has 0 aliphatic carbocycles. The van der Waals surface area contributed by atoms with Gasteiger partial charge in [0, 0.05) is 27.9 Å². The number of non-ortho nitro benzene ring substituents is 1. The van der Waals surface area contributed by atoms with E-state index in [1.54, 1.807) is 18.2 Å². The predicted molar refractivity (Wildman–Crippen MR) is 154 cm³/mol. The molecule has 1 heterocycles. The smallest absolute Gasteiger partial charge is 0.335 e. The van der Waals surface area contributed by atoms with Gasteiger partial charge in [0.05, 0.1) is 15.1 Å². The van der Waals surface area contributed by atoms with Crippen LogP contribution in [-0.2, 0) is 14.4 Å². The van der Waals surface area contributed by atoms with E-state index in [2.05, 4.69) is 42.5 Å². The molecule has 3 aromatic rings. The normalized spacial score (nSPS) is 14.2. The van der Waals surface area contributed by atoms with Crippen molar-refractivity contribution in [2.75, 3.05) is 16.8 Å². The van der Waals surface area contributed by atoms with Gasteiger partial charge in [-0.15, -0.1) is 0 Å². The zero-order valence-corrected chi connectivity index (χ0v) is 24.2. The molecule has 40 heavy (non-hydrogen) atoms. The maximum atomic E-state index is 13.3. The van der Waals surface area contributed by atoms with Crippen LogP contribution in [0.5, 0.6) is 5.75 Å². The Kier molecular flexibility index (Phi) is 8.45. The highest BCUT2D eigenvalue weighted by atomic mass is 79.9. The van der Waals surface area contributed by atoms with Crippen molar-refractivity contribution in [3.05, 3.63) is 95.9 Å². The molecule has 1 aliphatic heterocycles. The molecular weight excluding hydrogens is 652 g/mol. The van der Waals surface area contributed by atoms with Crippen LogP contribution >= 0.6 is 31.9 Å². The Labute approximate surface area is 244 Å². The average Bonchev–Trinajstić information content (AvgIpc) is 2.88. The zero-order valence-electron chi connectivity index (χ0n) is 21.0. The summed E-state index contributed by atoms with van der Waals surface area (Å²) in [4.78, 5) is 62.4. The number of benzene rings is 3. The molecule has 0 bridgehead atoms. The van der Waals surface area contributed by atoms with Crippen molar-refractivity contribution in [1.82, 2.24) is 5.32 Å². The van der Waals surface area contributed by atoms with Gasteiger partial charge in [-0.25, -0.2) is 9.69 Å². The lowest BCUT2D eigenvalue weighted by Gasteiger charge is -2.26. The monoisotopic (exact) mass is 670 g/mol. The van der Waals surface area contributed by atoms with Gasteiger partial charge in [0.2, 0.25) is 0 Å². The maximum Gasteiger partial charge on any atom is 0.335 e. The van der Waals surface area contributed by atoms with Gasteiger partial charge in [-0.3, -0.25) is 29.8 Å². The number of hydrogen-bond acceptors (Lipinski definition) is 7. The first-order chi connectivity index (χ1) is 19.0. The molecule has 1 aliphatic rings. The van der Waals surface area contributed by atoms with Crippen molar-refractivity contribution in [3.63, 3.8) is 0 Å². The van der Waals surface area contributed by atoms with Crippen LogP contribution in [0.2, 0.25) is 0 Å². The summed E-state index contributed by atoms with van der Waals surface area (Å²) in [5.74, 6) is -2.24. The van der Waals surface area contributed by atoms with Gasteiger partial charge in [0.1, 0.15) is 11.3 Å². The summed E-state index contributed by atoms with van der Waals surface area (Å²) in [5, 5.41) is 16.1. The van der Waals surface area contributed by atoms with E-state index in [1.165, 1.54) is 24.3 Å². The summed E-state index contributed by atoms with van der Waals surface area (Å²) in [6.07, 6.45) is 1.21. The third kappa shape index (κ3) is 6.10. The molecular formula is C27H20Br2N4O7. The zero-order chi connectivity index (χ0) is 29.1. The van der Waals surface area contributed by atoms with Crippen molar-refractivity contribution < 1.29 is 28.8 Å². The van der Waals surface area contributed by atoms with E-state index < -0.39 is 34.2 Å². The van der Waals surface area contributed by atoms with Crippen molar-refractivity contribution in [1.29, 1.82) is 0 Å². The fraction of sp³-hybridized carbons (Fsp3) is 0.111. The Morgan fingerprint density at radius 1 is 1.10 bits per heavy atom. The molecule has 5 amide bonds. The molecule has 2 N–H and O–H groups in total. The second-order valence-electron chi connectivity index (χ2n) is 8.63. The quantitative estimate of drug-likeness (QED) is 0.147. The number of ether oxygens (including phenoxy) is 1. The molecule has 0 atom stereocenters. The number of nitro groups is 1. The number of urea groups is 1. The summed E-state index contributed by atoms with van der Waals surface area (Å²) >= 11 is 6.73. The highest BCUT2D eigenvalue weighted by molar-refractivity contribution is 9.11. The van der Waals surface area contributed by atoms with Gasteiger partial charge in [-0.05, 0) is 71.2 Å². The van der Waals surface area contributed by atoms with Crippen LogP contribution in [0.15, 0.2) is 69.1 Å². The van der Waals surface area contributed by atoms with Gasteiger partial charge >= 0.3 is 6.03 Å². The van der Waals surface area contributed by atoms with Crippen LogP contribution in [0, 0.1) is 24.0 Å². The molecule has 0 aromatic heterocycles. The molecule has 11 nitrogen and oxygen atoms in total. The summed E-state index contributed by atoms with van der Waals surface area (Å²) in [6.45, 7) is 3.42. The Morgan fingerprint density at radius 3 is 2.55 bits per heavy atom. The van der Waals surface area contributed by atoms with E-state index in [0.29, 0.717) is 19.5 Å². The predicted octanol–water partition coefficient (Wildman–Crippen LogP) is 5.42. The number of imide groups is 2. The molecule has 0 spiro atoms. The molecule has 1 saturated heterocycles. The molecule has 0 unspecified atom stereocenters. The van der Waals surface area contributed by atoms with Crippen molar-refractivity contribution in [2.24, 2.45) is 0 Å². The molecule has 4 rings (SSSR count). The minimum Gasteiger partial charge on any atom is -0.482 e. The van der Waals surface area contributed by atoms with Gasteiger partial charge in [-0.1, -0.05) is 34.1 Å². The molecule has 0 radical (unpaired) electrons. The number of amides is 5. The van der Waals surface area contributed by atoms with Crippen LogP contribution in [-0.4, -0.2) is 35.3 Å². The van der Waals surface area contributed by atoms with E-state index in [0.717, 1.165) is 17.2 Å². The van der Waals surface area contributed by atoms with E-state index >= 15 is 0 Å². The highest BCUT2D eigenvalue weighted by Gasteiger charge is 2.37. The molecule has 13 heteroatoms. The Balaban J connectivity index is 1.64. The summed E-state index contributed by atoms with van der Waals surface area (Å²) < 4.78 is 6.77. The van der Waals surface area contributed by atoms with Crippen LogP contribution < -0.4 is 20.3 Å². The molecule has 1 fully saturated rings. The van der Waals surface area contributed by atoms with Gasteiger partial charge in [0.25, 0.3) is 23.4 Å². The standard InChI is InChI=1S/C27H20Br2N4O7/c1-14-5-3-8-22(15(14)2)30-23(34)13-40-24-16(9-17(28)11-21(24)29)10-20-25(35)31-27(37)32(26(20)36)18-6-4-7-19(12-18)33(38)39/h3-12H,13H2,1-2H3,(H,30,34)(H,31,35,37)/b20-10-. The summed E-state index contributed by atoms with van der Waals surface area (Å²) in [7, 11) is 0. The Hall–Kier alpha value is -4.36. The number of carbonyl (C=O) groups is 4. The number of halogens is 2. The highest BCUT2D eigenvalue weighted by Crippen LogP contribution is 2.35. The first-order valence-electron chi connectivity index (χ1n) is 11.6. The van der Waals surface area contributed by atoms with E-state index in [1.807, 2.05) is 26.0 Å². The lowest BCUT2D eigenvalue weighted by molar-refractivity contribution is -0.384. The summed E-state index contributed by atoms with van der Waals surface area (Å²) in [5.41, 5.74) is 1.94. The molecule has 0 saturated carbocycles. The van der Waals surface area contributed by atoms with Crippen LogP contribution in [0.3, 0.4) is 0 Å². The van der Waals surface area contributed by atoms with Gasteiger partial charge < -0.3 is 10.1 Å². The number of aryl methyl sites for hydroxylation is 1. The minimum absolute atomic E-state index is 0.0925. The number of rotatable bonds is 7. The van der Waals surface area contributed by atoms with Crippen molar-refractivity contribution in [2.45, 2.75) is 13.8 Å². The third-order valence-electron chi connectivity index (χ3n) is 5.96. The first-order valence-corrected chi connectivity index (χ1v) is 13.2. The van der Waals surface area contributed by atoms with Gasteiger partial charge in [-0.2, -0.15) is 0 Å². The van der Waals surface area contributed by atoms with E-state index in [4.69, 9.17) is 4.74 Å². The van der Waals surface area contributed by atoms with Crippen LogP contribution in [0.1, 0.15) is 16.7 Å². The van der Waals surface area contributed by atoms with Crippen molar-refractivity contribution >= 4 is 78.8 Å². The number of nitrogens with one attached hydrogen (secondary N) is 2. The first kappa shape index (κ1) is 28.6. The number of nitrogens with zero attached hydrogens (tertiary/aromatic N) is 2.